The van der Waals surface area contributed by atoms with E-state index in [2.05, 4.69) is 0 Å². The minimum absolute atomic E-state index is 0.195. The van der Waals surface area contributed by atoms with Gasteiger partial charge in [-0.1, -0.05) is 38.5 Å². The molecule has 0 aromatic heterocycles. The fraction of sp³-hybridized carbons (Fsp3) is 1.00. The van der Waals surface area contributed by atoms with Crippen LogP contribution in [0.4, 0.5) is 0 Å². The van der Waals surface area contributed by atoms with Gasteiger partial charge in [-0.25, -0.2) is 0 Å². The maximum atomic E-state index is 10.5. The van der Waals surface area contributed by atoms with Crippen LogP contribution < -0.4 is 0 Å². The van der Waals surface area contributed by atoms with Gasteiger partial charge >= 0.3 is 0 Å². The number of hydrogen-bond donors (Lipinski definition) is 1. The first-order chi connectivity index (χ1) is 7.31. The van der Waals surface area contributed by atoms with Gasteiger partial charge in [0.05, 0.1) is 5.60 Å². The second-order valence-electron chi connectivity index (χ2n) is 6.18. The summed E-state index contributed by atoms with van der Waals surface area (Å²) in [5.74, 6) is 2.36. The van der Waals surface area contributed by atoms with Crippen molar-refractivity contribution < 1.29 is 5.11 Å². The molecule has 0 amide bonds. The van der Waals surface area contributed by atoms with Gasteiger partial charge in [-0.2, -0.15) is 0 Å². The Hall–Kier alpha value is -0.0400. The van der Waals surface area contributed by atoms with Crippen molar-refractivity contribution in [3.8, 4) is 0 Å². The van der Waals surface area contributed by atoms with Crippen molar-refractivity contribution in [3.05, 3.63) is 0 Å². The fourth-order valence-corrected chi connectivity index (χ4v) is 4.32. The minimum Gasteiger partial charge on any atom is -0.389 e. The lowest BCUT2D eigenvalue weighted by Crippen LogP contribution is -2.14. The molecule has 0 aromatic carbocycles. The topological polar surface area (TPSA) is 20.2 Å². The number of rotatable bonds is 3. The summed E-state index contributed by atoms with van der Waals surface area (Å²) in [5.41, 5.74) is -0.195. The molecular formula is C14H24O. The average molecular weight is 208 g/mol. The van der Waals surface area contributed by atoms with E-state index >= 15 is 0 Å². The largest absolute Gasteiger partial charge is 0.389 e. The molecular weight excluding hydrogens is 184 g/mol. The normalized spacial score (nSPS) is 45.4. The van der Waals surface area contributed by atoms with Gasteiger partial charge in [0.25, 0.3) is 0 Å². The first-order valence-corrected chi connectivity index (χ1v) is 7.03. The maximum absolute atomic E-state index is 10.5. The Bertz CT molecular complexity index is 217. The second-order valence-corrected chi connectivity index (χ2v) is 6.18. The molecule has 3 aliphatic rings. The van der Waals surface area contributed by atoms with Gasteiger partial charge in [0.15, 0.2) is 0 Å². The van der Waals surface area contributed by atoms with Gasteiger partial charge in [-0.05, 0) is 43.4 Å². The van der Waals surface area contributed by atoms with Crippen LogP contribution in [0.3, 0.4) is 0 Å². The summed E-state index contributed by atoms with van der Waals surface area (Å²) in [6.07, 6.45) is 13.5. The summed E-state index contributed by atoms with van der Waals surface area (Å²) in [5, 5.41) is 10.5. The summed E-state index contributed by atoms with van der Waals surface area (Å²) in [4.78, 5) is 0. The molecule has 1 nitrogen and oxygen atoms in total. The maximum Gasteiger partial charge on any atom is 0.0711 e. The van der Waals surface area contributed by atoms with Crippen LogP contribution in [0.5, 0.6) is 0 Å². The molecule has 0 radical (unpaired) electrons. The fourth-order valence-electron chi connectivity index (χ4n) is 4.32. The minimum atomic E-state index is -0.195. The van der Waals surface area contributed by atoms with Crippen molar-refractivity contribution in [1.29, 1.82) is 0 Å². The van der Waals surface area contributed by atoms with E-state index in [1.165, 1.54) is 57.8 Å². The zero-order chi connectivity index (χ0) is 10.3. The molecule has 0 aromatic rings. The highest BCUT2D eigenvalue weighted by Gasteiger charge is 2.62. The van der Waals surface area contributed by atoms with Crippen molar-refractivity contribution in [2.45, 2.75) is 69.8 Å². The molecule has 0 heterocycles. The summed E-state index contributed by atoms with van der Waals surface area (Å²) in [7, 11) is 0. The Kier molecular flexibility index (Phi) is 2.54. The molecule has 0 spiro atoms. The zero-order valence-corrected chi connectivity index (χ0v) is 9.75. The van der Waals surface area contributed by atoms with Crippen molar-refractivity contribution in [2.24, 2.45) is 17.8 Å². The third kappa shape index (κ3) is 1.73. The molecule has 15 heavy (non-hydrogen) atoms. The van der Waals surface area contributed by atoms with Crippen LogP contribution in [0.15, 0.2) is 0 Å². The third-order valence-corrected chi connectivity index (χ3v) is 5.37. The van der Waals surface area contributed by atoms with Crippen molar-refractivity contribution in [1.82, 2.24) is 0 Å². The van der Waals surface area contributed by atoms with E-state index in [0.29, 0.717) is 11.8 Å². The van der Waals surface area contributed by atoms with Gasteiger partial charge in [0.2, 0.25) is 0 Å². The molecule has 0 aliphatic heterocycles. The van der Waals surface area contributed by atoms with E-state index < -0.39 is 0 Å². The lowest BCUT2D eigenvalue weighted by atomic mass is 9.97. The Morgan fingerprint density at radius 3 is 2.00 bits per heavy atom. The summed E-state index contributed by atoms with van der Waals surface area (Å²) in [6.45, 7) is 0. The standard InChI is InChI=1S/C14H24O/c15-14(10-9-11-5-1-2-6-11)12-7-3-4-8-13(12)14/h11-13,15H,1-10H2. The molecule has 0 saturated heterocycles. The van der Waals surface area contributed by atoms with Crippen LogP contribution in [-0.4, -0.2) is 10.7 Å². The smallest absolute Gasteiger partial charge is 0.0711 e. The van der Waals surface area contributed by atoms with E-state index in [1.54, 1.807) is 0 Å². The van der Waals surface area contributed by atoms with E-state index in [1.807, 2.05) is 0 Å². The van der Waals surface area contributed by atoms with Crippen LogP contribution in [0.1, 0.15) is 64.2 Å². The summed E-state index contributed by atoms with van der Waals surface area (Å²) in [6, 6.07) is 0. The van der Waals surface area contributed by atoms with Crippen molar-refractivity contribution in [2.75, 3.05) is 0 Å². The lowest BCUT2D eigenvalue weighted by Gasteiger charge is -2.14. The van der Waals surface area contributed by atoms with Gasteiger partial charge < -0.3 is 5.11 Å². The number of fused-ring (bicyclic) bond motifs is 1. The van der Waals surface area contributed by atoms with Crippen LogP contribution >= 0.6 is 0 Å². The second kappa shape index (κ2) is 3.76. The third-order valence-electron chi connectivity index (χ3n) is 5.37. The Balaban J connectivity index is 1.50. The van der Waals surface area contributed by atoms with Crippen molar-refractivity contribution in [3.63, 3.8) is 0 Å². The van der Waals surface area contributed by atoms with Crippen LogP contribution in [0.25, 0.3) is 0 Å². The molecule has 1 heteroatoms. The van der Waals surface area contributed by atoms with E-state index in [-0.39, 0.29) is 5.60 Å². The number of hydrogen-bond acceptors (Lipinski definition) is 1. The van der Waals surface area contributed by atoms with Crippen LogP contribution in [0, 0.1) is 17.8 Å². The van der Waals surface area contributed by atoms with E-state index in [4.69, 9.17) is 0 Å². The highest BCUT2D eigenvalue weighted by molar-refractivity contribution is 5.13. The molecule has 3 fully saturated rings. The summed E-state index contributed by atoms with van der Waals surface area (Å²) >= 11 is 0. The molecule has 3 aliphatic carbocycles. The zero-order valence-electron chi connectivity index (χ0n) is 9.75. The molecule has 0 bridgehead atoms. The Morgan fingerprint density at radius 2 is 1.40 bits per heavy atom. The SMILES string of the molecule is OC1(CCC2CCCC2)C2CCCCC21. The van der Waals surface area contributed by atoms with E-state index in [0.717, 1.165) is 12.3 Å². The number of aliphatic hydroxyl groups is 1. The van der Waals surface area contributed by atoms with Crippen LogP contribution in [0.2, 0.25) is 0 Å². The predicted octanol–water partition coefficient (Wildman–Crippen LogP) is 3.51. The monoisotopic (exact) mass is 208 g/mol. The van der Waals surface area contributed by atoms with Crippen molar-refractivity contribution >= 4 is 0 Å². The van der Waals surface area contributed by atoms with Gasteiger partial charge in [0.1, 0.15) is 0 Å². The highest BCUT2D eigenvalue weighted by atomic mass is 16.3. The van der Waals surface area contributed by atoms with Crippen LogP contribution in [-0.2, 0) is 0 Å². The van der Waals surface area contributed by atoms with Gasteiger partial charge in [-0.3, -0.25) is 0 Å². The molecule has 3 rings (SSSR count). The predicted molar refractivity (Wildman–Crippen MR) is 61.6 cm³/mol. The summed E-state index contributed by atoms with van der Waals surface area (Å²) < 4.78 is 0. The lowest BCUT2D eigenvalue weighted by molar-refractivity contribution is 0.100. The quantitative estimate of drug-likeness (QED) is 0.752. The molecule has 1 N–H and O–H groups in total. The Labute approximate surface area is 93.3 Å². The highest BCUT2D eigenvalue weighted by Crippen LogP contribution is 2.61. The molecule has 3 saturated carbocycles. The van der Waals surface area contributed by atoms with Gasteiger partial charge in [0, 0.05) is 0 Å². The van der Waals surface area contributed by atoms with Gasteiger partial charge in [-0.15, -0.1) is 0 Å². The molecule has 2 atom stereocenters. The van der Waals surface area contributed by atoms with E-state index in [9.17, 15) is 5.11 Å². The Morgan fingerprint density at radius 1 is 0.867 bits per heavy atom. The first-order valence-electron chi connectivity index (χ1n) is 7.03. The molecule has 86 valence electrons. The first kappa shape index (κ1) is 10.1. The average Bonchev–Trinajstić information content (AvgIpc) is 2.70. The molecule has 2 unspecified atom stereocenters.